The monoisotopic (exact) mass is 347 g/mol. The van der Waals surface area contributed by atoms with Gasteiger partial charge in [0.1, 0.15) is 0 Å². The molecule has 0 spiro atoms. The maximum absolute atomic E-state index is 5.67. The van der Waals surface area contributed by atoms with Gasteiger partial charge in [0.2, 0.25) is 0 Å². The molecule has 1 aromatic rings. The Morgan fingerprint density at radius 3 is 2.84 bits per heavy atom. The van der Waals surface area contributed by atoms with Crippen LogP contribution in [0.15, 0.2) is 23.2 Å². The molecule has 140 valence electrons. The van der Waals surface area contributed by atoms with E-state index < -0.39 is 0 Å². The molecule has 1 heterocycles. The summed E-state index contributed by atoms with van der Waals surface area (Å²) in [5.74, 6) is 0.851. The third-order valence-electron chi connectivity index (χ3n) is 4.49. The van der Waals surface area contributed by atoms with Crippen molar-refractivity contribution in [2.24, 2.45) is 4.99 Å². The van der Waals surface area contributed by atoms with Crippen molar-refractivity contribution in [3.8, 4) is 0 Å². The van der Waals surface area contributed by atoms with E-state index in [1.807, 2.05) is 0 Å². The van der Waals surface area contributed by atoms with Crippen LogP contribution in [-0.2, 0) is 15.9 Å². The van der Waals surface area contributed by atoms with E-state index in [1.165, 1.54) is 23.1 Å². The number of guanidine groups is 1. The quantitative estimate of drug-likeness (QED) is 0.410. The Bertz CT molecular complexity index is 540. The molecule has 1 saturated heterocycles. The Kier molecular flexibility index (Phi) is 8.77. The van der Waals surface area contributed by atoms with Crippen molar-refractivity contribution in [1.82, 2.24) is 10.6 Å². The molecule has 25 heavy (non-hydrogen) atoms. The molecule has 5 nitrogen and oxygen atoms in total. The van der Waals surface area contributed by atoms with Crippen LogP contribution in [0.25, 0.3) is 0 Å². The fourth-order valence-corrected chi connectivity index (χ4v) is 3.03. The highest BCUT2D eigenvalue weighted by Crippen LogP contribution is 2.12. The lowest BCUT2D eigenvalue weighted by molar-refractivity contribution is 0.0168. The largest absolute Gasteiger partial charge is 0.379 e. The van der Waals surface area contributed by atoms with Crippen molar-refractivity contribution in [1.29, 1.82) is 0 Å². The topological polar surface area (TPSA) is 54.9 Å². The van der Waals surface area contributed by atoms with Crippen LogP contribution in [-0.4, -0.2) is 52.0 Å². The highest BCUT2D eigenvalue weighted by Gasteiger charge is 2.14. The number of rotatable bonds is 9. The highest BCUT2D eigenvalue weighted by atomic mass is 16.5. The summed E-state index contributed by atoms with van der Waals surface area (Å²) >= 11 is 0. The van der Waals surface area contributed by atoms with Crippen LogP contribution in [0.3, 0.4) is 0 Å². The first kappa shape index (κ1) is 19.7. The molecule has 1 aromatic carbocycles. The number of ether oxygens (including phenoxy) is 2. The highest BCUT2D eigenvalue weighted by molar-refractivity contribution is 5.79. The molecule has 0 bridgehead atoms. The van der Waals surface area contributed by atoms with Crippen LogP contribution >= 0.6 is 0 Å². The Morgan fingerprint density at radius 2 is 2.12 bits per heavy atom. The van der Waals surface area contributed by atoms with Gasteiger partial charge in [0.05, 0.1) is 12.7 Å². The van der Waals surface area contributed by atoms with Crippen LogP contribution < -0.4 is 10.6 Å². The summed E-state index contributed by atoms with van der Waals surface area (Å²) < 4.78 is 11.2. The van der Waals surface area contributed by atoms with Gasteiger partial charge in [-0.1, -0.05) is 23.8 Å². The molecular weight excluding hydrogens is 314 g/mol. The molecule has 2 N–H and O–H groups in total. The summed E-state index contributed by atoms with van der Waals surface area (Å²) in [4.78, 5) is 4.27. The van der Waals surface area contributed by atoms with Gasteiger partial charge >= 0.3 is 0 Å². The fraction of sp³-hybridized carbons (Fsp3) is 0.650. The predicted molar refractivity (Wildman–Crippen MR) is 103 cm³/mol. The summed E-state index contributed by atoms with van der Waals surface area (Å²) in [6.45, 7) is 8.40. The number of hydrogen-bond donors (Lipinski definition) is 2. The standard InChI is InChI=1S/C20H33N3O2/c1-16-7-8-18(17(2)14-16)9-11-23-20(21-3)22-10-5-12-24-15-19-6-4-13-25-19/h7-8,14,19H,4-6,9-13,15H2,1-3H3,(H2,21,22,23). The third-order valence-corrected chi connectivity index (χ3v) is 4.49. The summed E-state index contributed by atoms with van der Waals surface area (Å²) in [6.07, 6.45) is 4.57. The zero-order valence-corrected chi connectivity index (χ0v) is 15.9. The summed E-state index contributed by atoms with van der Waals surface area (Å²) in [5.41, 5.74) is 4.05. The lowest BCUT2D eigenvalue weighted by atomic mass is 10.0. The second kappa shape index (κ2) is 11.1. The minimum absolute atomic E-state index is 0.313. The fourth-order valence-electron chi connectivity index (χ4n) is 3.03. The average molecular weight is 348 g/mol. The van der Waals surface area contributed by atoms with E-state index in [-0.39, 0.29) is 0 Å². The van der Waals surface area contributed by atoms with Gasteiger partial charge in [-0.15, -0.1) is 0 Å². The molecule has 5 heteroatoms. The molecule has 1 aliphatic rings. The van der Waals surface area contributed by atoms with Crippen molar-refractivity contribution in [3.05, 3.63) is 34.9 Å². The number of aliphatic imine (C=N–C) groups is 1. The van der Waals surface area contributed by atoms with Crippen molar-refractivity contribution in [2.45, 2.75) is 45.6 Å². The first-order chi connectivity index (χ1) is 12.2. The van der Waals surface area contributed by atoms with E-state index in [0.717, 1.165) is 58.1 Å². The molecule has 1 fully saturated rings. The Hall–Kier alpha value is -1.59. The van der Waals surface area contributed by atoms with E-state index in [1.54, 1.807) is 7.05 Å². The maximum atomic E-state index is 5.67. The molecule has 0 amide bonds. The molecule has 1 atom stereocenters. The first-order valence-electron chi connectivity index (χ1n) is 9.39. The molecule has 0 saturated carbocycles. The minimum atomic E-state index is 0.313. The van der Waals surface area contributed by atoms with Gasteiger partial charge in [-0.25, -0.2) is 0 Å². The SMILES string of the molecule is CN=C(NCCCOCC1CCCO1)NCCc1ccc(C)cc1C. The van der Waals surface area contributed by atoms with Crippen LogP contribution in [0, 0.1) is 13.8 Å². The van der Waals surface area contributed by atoms with Crippen LogP contribution in [0.5, 0.6) is 0 Å². The summed E-state index contributed by atoms with van der Waals surface area (Å²) in [5, 5.41) is 6.71. The summed E-state index contributed by atoms with van der Waals surface area (Å²) in [7, 11) is 1.81. The van der Waals surface area contributed by atoms with Crippen molar-refractivity contribution >= 4 is 5.96 Å². The van der Waals surface area contributed by atoms with Crippen LogP contribution in [0.2, 0.25) is 0 Å². The summed E-state index contributed by atoms with van der Waals surface area (Å²) in [6, 6.07) is 6.62. The normalized spacial score (nSPS) is 17.7. The van der Waals surface area contributed by atoms with Crippen molar-refractivity contribution < 1.29 is 9.47 Å². The molecule has 0 aromatic heterocycles. The van der Waals surface area contributed by atoms with Crippen molar-refractivity contribution in [3.63, 3.8) is 0 Å². The van der Waals surface area contributed by atoms with Crippen LogP contribution in [0.1, 0.15) is 36.0 Å². The van der Waals surface area contributed by atoms with Crippen molar-refractivity contribution in [2.75, 3.05) is 40.0 Å². The first-order valence-corrected chi connectivity index (χ1v) is 9.39. The lowest BCUT2D eigenvalue weighted by Gasteiger charge is -2.13. The van der Waals surface area contributed by atoms with Gasteiger partial charge in [-0.3, -0.25) is 4.99 Å². The third kappa shape index (κ3) is 7.45. The number of aryl methyl sites for hydroxylation is 2. The molecule has 0 aliphatic carbocycles. The zero-order chi connectivity index (χ0) is 17.9. The average Bonchev–Trinajstić information content (AvgIpc) is 3.11. The number of hydrogen-bond acceptors (Lipinski definition) is 3. The van der Waals surface area contributed by atoms with E-state index in [0.29, 0.717) is 6.10 Å². The van der Waals surface area contributed by atoms with Gasteiger partial charge in [-0.2, -0.15) is 0 Å². The Labute approximate surface area is 152 Å². The number of benzene rings is 1. The smallest absolute Gasteiger partial charge is 0.190 e. The number of nitrogens with one attached hydrogen (secondary N) is 2. The van der Waals surface area contributed by atoms with E-state index in [4.69, 9.17) is 9.47 Å². The molecular formula is C20H33N3O2. The van der Waals surface area contributed by atoms with Gasteiger partial charge in [0.15, 0.2) is 5.96 Å². The minimum Gasteiger partial charge on any atom is -0.379 e. The molecule has 0 radical (unpaired) electrons. The van der Waals surface area contributed by atoms with Gasteiger partial charge in [0, 0.05) is 33.4 Å². The van der Waals surface area contributed by atoms with Gasteiger partial charge in [0.25, 0.3) is 0 Å². The predicted octanol–water partition coefficient (Wildman–Crippen LogP) is 2.60. The van der Waals surface area contributed by atoms with Gasteiger partial charge < -0.3 is 20.1 Å². The van der Waals surface area contributed by atoms with E-state index in [2.05, 4.69) is 47.7 Å². The molecule has 1 unspecified atom stereocenters. The van der Waals surface area contributed by atoms with Gasteiger partial charge in [-0.05, 0) is 50.7 Å². The molecule has 1 aliphatic heterocycles. The lowest BCUT2D eigenvalue weighted by Crippen LogP contribution is -2.39. The van der Waals surface area contributed by atoms with E-state index in [9.17, 15) is 0 Å². The zero-order valence-electron chi connectivity index (χ0n) is 15.9. The Morgan fingerprint density at radius 1 is 1.28 bits per heavy atom. The second-order valence-electron chi connectivity index (χ2n) is 6.67. The number of nitrogens with zero attached hydrogens (tertiary/aromatic N) is 1. The van der Waals surface area contributed by atoms with E-state index >= 15 is 0 Å². The second-order valence-corrected chi connectivity index (χ2v) is 6.67. The Balaban J connectivity index is 1.54. The molecule has 2 rings (SSSR count). The van der Waals surface area contributed by atoms with Crippen LogP contribution in [0.4, 0.5) is 0 Å². The maximum Gasteiger partial charge on any atom is 0.190 e.